The van der Waals surface area contributed by atoms with E-state index in [1.54, 1.807) is 30.6 Å². The number of nitrogens with two attached hydrogens (primary N) is 1. The minimum atomic E-state index is -3.55. The van der Waals surface area contributed by atoms with E-state index in [0.29, 0.717) is 5.82 Å². The summed E-state index contributed by atoms with van der Waals surface area (Å²) in [4.78, 5) is 7.15. The summed E-state index contributed by atoms with van der Waals surface area (Å²) in [6.07, 6.45) is 3.25. The van der Waals surface area contributed by atoms with Crippen LogP contribution in [0.15, 0.2) is 41.6 Å². The third kappa shape index (κ3) is 3.06. The van der Waals surface area contributed by atoms with Crippen molar-refractivity contribution in [3.05, 3.63) is 48.0 Å². The van der Waals surface area contributed by atoms with Gasteiger partial charge in [-0.3, -0.25) is 0 Å². The van der Waals surface area contributed by atoms with Crippen molar-refractivity contribution in [3.8, 4) is 0 Å². The van der Waals surface area contributed by atoms with Gasteiger partial charge in [0.05, 0.1) is 11.4 Å². The monoisotopic (exact) mass is 294 g/mol. The maximum atomic E-state index is 12.5. The molecule has 20 heavy (non-hydrogen) atoms. The predicted molar refractivity (Wildman–Crippen MR) is 76.3 cm³/mol. The van der Waals surface area contributed by atoms with Crippen molar-refractivity contribution in [2.45, 2.75) is 24.4 Å². The van der Waals surface area contributed by atoms with Crippen LogP contribution in [0.3, 0.4) is 0 Å². The van der Waals surface area contributed by atoms with Crippen molar-refractivity contribution in [2.24, 2.45) is 5.73 Å². The standard InChI is InChI=1S/C13H18N4O2S/c1-10(14)11-4-3-5-12(8-11)20(18,19)17(2)9-13-15-6-7-16-13/h3-8,10H,9,14H2,1-2H3,(H,15,16). The first kappa shape index (κ1) is 14.7. The minimum Gasteiger partial charge on any atom is -0.347 e. The summed E-state index contributed by atoms with van der Waals surface area (Å²) in [6.45, 7) is 2.01. The third-order valence-electron chi connectivity index (χ3n) is 3.02. The van der Waals surface area contributed by atoms with Crippen LogP contribution in [0.2, 0.25) is 0 Å². The van der Waals surface area contributed by atoms with Crippen molar-refractivity contribution in [1.29, 1.82) is 0 Å². The molecule has 7 heteroatoms. The largest absolute Gasteiger partial charge is 0.347 e. The van der Waals surface area contributed by atoms with Gasteiger partial charge in [0.25, 0.3) is 0 Å². The van der Waals surface area contributed by atoms with Gasteiger partial charge in [-0.15, -0.1) is 0 Å². The second-order valence-electron chi connectivity index (χ2n) is 4.66. The molecule has 0 aliphatic carbocycles. The van der Waals surface area contributed by atoms with Crippen LogP contribution in [-0.4, -0.2) is 29.7 Å². The van der Waals surface area contributed by atoms with Crippen LogP contribution in [0.4, 0.5) is 0 Å². The Morgan fingerprint density at radius 3 is 2.80 bits per heavy atom. The highest BCUT2D eigenvalue weighted by molar-refractivity contribution is 7.89. The first-order chi connectivity index (χ1) is 9.41. The summed E-state index contributed by atoms with van der Waals surface area (Å²) < 4.78 is 26.2. The Balaban J connectivity index is 2.27. The predicted octanol–water partition coefficient (Wildman–Crippen LogP) is 1.25. The Morgan fingerprint density at radius 2 is 2.20 bits per heavy atom. The number of rotatable bonds is 5. The second-order valence-corrected chi connectivity index (χ2v) is 6.70. The van der Waals surface area contributed by atoms with Gasteiger partial charge in [0.2, 0.25) is 10.0 Å². The number of aromatic amines is 1. The van der Waals surface area contributed by atoms with E-state index in [1.807, 2.05) is 13.0 Å². The van der Waals surface area contributed by atoms with E-state index in [2.05, 4.69) is 9.97 Å². The number of nitrogens with one attached hydrogen (secondary N) is 1. The van der Waals surface area contributed by atoms with Crippen molar-refractivity contribution in [2.75, 3.05) is 7.05 Å². The van der Waals surface area contributed by atoms with Gasteiger partial charge in [-0.2, -0.15) is 4.31 Å². The Morgan fingerprint density at radius 1 is 1.45 bits per heavy atom. The number of imidazole rings is 1. The molecule has 0 saturated heterocycles. The summed E-state index contributed by atoms with van der Waals surface area (Å²) in [6, 6.07) is 6.49. The highest BCUT2D eigenvalue weighted by atomic mass is 32.2. The average molecular weight is 294 g/mol. The number of sulfonamides is 1. The number of hydrogen-bond acceptors (Lipinski definition) is 4. The molecule has 0 saturated carbocycles. The zero-order valence-electron chi connectivity index (χ0n) is 11.4. The van der Waals surface area contributed by atoms with Gasteiger partial charge in [-0.1, -0.05) is 12.1 Å². The summed E-state index contributed by atoms with van der Waals surface area (Å²) in [5.41, 5.74) is 6.58. The summed E-state index contributed by atoms with van der Waals surface area (Å²) in [5.74, 6) is 0.597. The lowest BCUT2D eigenvalue weighted by Crippen LogP contribution is -2.27. The molecule has 0 spiro atoms. The molecule has 1 aromatic carbocycles. The molecule has 0 radical (unpaired) electrons. The lowest BCUT2D eigenvalue weighted by Gasteiger charge is -2.17. The number of benzene rings is 1. The van der Waals surface area contributed by atoms with Crippen molar-refractivity contribution in [1.82, 2.24) is 14.3 Å². The Hall–Kier alpha value is -1.70. The molecule has 0 bridgehead atoms. The number of hydrogen-bond donors (Lipinski definition) is 2. The van der Waals surface area contributed by atoms with E-state index < -0.39 is 10.0 Å². The maximum Gasteiger partial charge on any atom is 0.243 e. The van der Waals surface area contributed by atoms with Crippen LogP contribution in [0.5, 0.6) is 0 Å². The van der Waals surface area contributed by atoms with Crippen LogP contribution in [0.25, 0.3) is 0 Å². The second kappa shape index (κ2) is 5.74. The fourth-order valence-corrected chi connectivity index (χ4v) is 3.01. The van der Waals surface area contributed by atoms with E-state index in [9.17, 15) is 8.42 Å². The van der Waals surface area contributed by atoms with Gasteiger partial charge in [0.15, 0.2) is 0 Å². The molecular formula is C13H18N4O2S. The molecule has 2 rings (SSSR count). The number of nitrogens with zero attached hydrogens (tertiary/aromatic N) is 2. The van der Waals surface area contributed by atoms with E-state index in [1.165, 1.54) is 11.4 Å². The minimum absolute atomic E-state index is 0.192. The van der Waals surface area contributed by atoms with Crippen LogP contribution >= 0.6 is 0 Å². The highest BCUT2D eigenvalue weighted by Gasteiger charge is 2.22. The van der Waals surface area contributed by atoms with Crippen LogP contribution in [-0.2, 0) is 16.6 Å². The lowest BCUT2D eigenvalue weighted by molar-refractivity contribution is 0.458. The topological polar surface area (TPSA) is 92.1 Å². The molecule has 1 heterocycles. The normalized spacial score (nSPS) is 13.6. The first-order valence-electron chi connectivity index (χ1n) is 6.21. The van der Waals surface area contributed by atoms with Gasteiger partial charge in [-0.05, 0) is 24.6 Å². The smallest absolute Gasteiger partial charge is 0.243 e. The SMILES string of the molecule is CC(N)c1cccc(S(=O)(=O)N(C)Cc2ncc[nH]2)c1. The first-order valence-corrected chi connectivity index (χ1v) is 7.65. The molecule has 3 N–H and O–H groups in total. The molecule has 1 aromatic heterocycles. The average Bonchev–Trinajstić information content (AvgIpc) is 2.91. The highest BCUT2D eigenvalue weighted by Crippen LogP contribution is 2.19. The Labute approximate surface area is 118 Å². The van der Waals surface area contributed by atoms with Crippen LogP contribution in [0.1, 0.15) is 24.4 Å². The molecule has 108 valence electrons. The van der Waals surface area contributed by atoms with Gasteiger partial charge in [0.1, 0.15) is 5.82 Å². The van der Waals surface area contributed by atoms with Crippen LogP contribution in [0, 0.1) is 0 Å². The van der Waals surface area contributed by atoms with Crippen molar-refractivity contribution < 1.29 is 8.42 Å². The Kier molecular flexibility index (Phi) is 4.22. The molecule has 6 nitrogen and oxygen atoms in total. The Bertz CT molecular complexity index is 665. The van der Waals surface area contributed by atoms with E-state index in [4.69, 9.17) is 5.73 Å². The van der Waals surface area contributed by atoms with E-state index in [-0.39, 0.29) is 17.5 Å². The van der Waals surface area contributed by atoms with Gasteiger partial charge >= 0.3 is 0 Å². The lowest BCUT2D eigenvalue weighted by atomic mass is 10.1. The van der Waals surface area contributed by atoms with E-state index in [0.717, 1.165) is 5.56 Å². The zero-order chi connectivity index (χ0) is 14.8. The summed E-state index contributed by atoms with van der Waals surface area (Å²) >= 11 is 0. The van der Waals surface area contributed by atoms with Gasteiger partial charge in [0, 0.05) is 25.5 Å². The van der Waals surface area contributed by atoms with E-state index >= 15 is 0 Å². The molecule has 0 aliphatic rings. The zero-order valence-corrected chi connectivity index (χ0v) is 12.3. The molecule has 0 fully saturated rings. The van der Waals surface area contributed by atoms with Gasteiger partial charge in [-0.25, -0.2) is 13.4 Å². The summed E-state index contributed by atoms with van der Waals surface area (Å²) in [7, 11) is -2.03. The quantitative estimate of drug-likeness (QED) is 0.868. The molecule has 1 unspecified atom stereocenters. The van der Waals surface area contributed by atoms with Crippen molar-refractivity contribution >= 4 is 10.0 Å². The molecule has 0 aliphatic heterocycles. The van der Waals surface area contributed by atoms with Gasteiger partial charge < -0.3 is 10.7 Å². The molecule has 0 amide bonds. The fourth-order valence-electron chi connectivity index (χ4n) is 1.82. The summed E-state index contributed by atoms with van der Waals surface area (Å²) in [5, 5.41) is 0. The fraction of sp³-hybridized carbons (Fsp3) is 0.308. The van der Waals surface area contributed by atoms with Crippen LogP contribution < -0.4 is 5.73 Å². The third-order valence-corrected chi connectivity index (χ3v) is 4.82. The maximum absolute atomic E-state index is 12.5. The number of H-pyrrole nitrogens is 1. The number of aromatic nitrogens is 2. The van der Waals surface area contributed by atoms with Crippen molar-refractivity contribution in [3.63, 3.8) is 0 Å². The molecule has 2 aromatic rings. The molecule has 1 atom stereocenters. The molecular weight excluding hydrogens is 276 g/mol.